The van der Waals surface area contributed by atoms with Crippen LogP contribution < -0.4 is 5.32 Å². The van der Waals surface area contributed by atoms with Gasteiger partial charge in [0.15, 0.2) is 5.76 Å². The molecule has 1 aliphatic heterocycles. The fourth-order valence-corrected chi connectivity index (χ4v) is 2.45. The Morgan fingerprint density at radius 2 is 2.10 bits per heavy atom. The average Bonchev–Trinajstić information content (AvgIpc) is 2.76. The highest BCUT2D eigenvalue weighted by molar-refractivity contribution is 6.08. The van der Waals surface area contributed by atoms with E-state index in [-0.39, 0.29) is 11.7 Å². The van der Waals surface area contributed by atoms with Gasteiger partial charge in [0.1, 0.15) is 0 Å². The van der Waals surface area contributed by atoms with Gasteiger partial charge in [-0.05, 0) is 55.2 Å². The number of carbonyl (C=O) groups is 2. The molecule has 102 valence electrons. The second kappa shape index (κ2) is 4.96. The van der Waals surface area contributed by atoms with E-state index in [0.717, 1.165) is 29.7 Å². The highest BCUT2D eigenvalue weighted by Gasteiger charge is 2.18. The fourth-order valence-electron chi connectivity index (χ4n) is 2.45. The Balaban J connectivity index is 1.96. The van der Waals surface area contributed by atoms with E-state index in [1.165, 1.54) is 6.26 Å². The van der Waals surface area contributed by atoms with Crippen LogP contribution in [-0.4, -0.2) is 11.7 Å². The van der Waals surface area contributed by atoms with Crippen LogP contribution in [0.1, 0.15) is 40.1 Å². The Kier molecular flexibility index (Phi) is 3.14. The van der Waals surface area contributed by atoms with Crippen molar-refractivity contribution in [1.82, 2.24) is 0 Å². The molecule has 3 rings (SSSR count). The molecule has 0 saturated carbocycles. The zero-order valence-electron chi connectivity index (χ0n) is 11.2. The normalized spacial score (nSPS) is 14.3. The van der Waals surface area contributed by atoms with Crippen molar-refractivity contribution in [3.05, 3.63) is 53.0 Å². The predicted molar refractivity (Wildman–Crippen MR) is 74.9 cm³/mol. The Morgan fingerprint density at radius 3 is 2.85 bits per heavy atom. The zero-order valence-corrected chi connectivity index (χ0v) is 11.2. The van der Waals surface area contributed by atoms with Gasteiger partial charge in [0.05, 0.1) is 6.26 Å². The van der Waals surface area contributed by atoms with Gasteiger partial charge in [-0.15, -0.1) is 0 Å². The van der Waals surface area contributed by atoms with Crippen LogP contribution in [0.2, 0.25) is 0 Å². The first kappa shape index (κ1) is 12.7. The minimum atomic E-state index is -0.120. The number of hydrogen-bond donors (Lipinski definition) is 1. The van der Waals surface area contributed by atoms with Crippen molar-refractivity contribution in [2.75, 3.05) is 5.32 Å². The number of benzene rings is 1. The van der Waals surface area contributed by atoms with E-state index in [0.29, 0.717) is 17.7 Å². The van der Waals surface area contributed by atoms with Gasteiger partial charge in [-0.1, -0.05) is 0 Å². The van der Waals surface area contributed by atoms with Gasteiger partial charge >= 0.3 is 0 Å². The van der Waals surface area contributed by atoms with Gasteiger partial charge in [0.25, 0.3) is 0 Å². The molecule has 1 amide bonds. The molecule has 0 spiro atoms. The molecule has 2 heterocycles. The zero-order chi connectivity index (χ0) is 14.1. The van der Waals surface area contributed by atoms with Gasteiger partial charge in [0, 0.05) is 17.7 Å². The molecule has 0 radical (unpaired) electrons. The van der Waals surface area contributed by atoms with Crippen molar-refractivity contribution < 1.29 is 14.0 Å². The van der Waals surface area contributed by atoms with E-state index in [1.807, 2.05) is 13.0 Å². The molecule has 0 aliphatic carbocycles. The van der Waals surface area contributed by atoms with Gasteiger partial charge in [-0.3, -0.25) is 9.59 Å². The van der Waals surface area contributed by atoms with Crippen molar-refractivity contribution in [3.63, 3.8) is 0 Å². The number of anilines is 1. The number of aryl methyl sites for hydroxylation is 2. The number of hydrogen-bond acceptors (Lipinski definition) is 3. The van der Waals surface area contributed by atoms with Crippen molar-refractivity contribution in [2.45, 2.75) is 26.2 Å². The molecule has 0 unspecified atom stereocenters. The third kappa shape index (κ3) is 2.25. The smallest absolute Gasteiger partial charge is 0.228 e. The van der Waals surface area contributed by atoms with Crippen LogP contribution in [0.3, 0.4) is 0 Å². The number of rotatable bonds is 2. The summed E-state index contributed by atoms with van der Waals surface area (Å²) in [6.07, 6.45) is 3.64. The first-order chi connectivity index (χ1) is 9.65. The van der Waals surface area contributed by atoms with Crippen LogP contribution in [-0.2, 0) is 11.2 Å². The van der Waals surface area contributed by atoms with Crippen LogP contribution >= 0.6 is 0 Å². The summed E-state index contributed by atoms with van der Waals surface area (Å²) in [4.78, 5) is 23.9. The predicted octanol–water partition coefficient (Wildman–Crippen LogP) is 3.09. The number of fused-ring (bicyclic) bond motifs is 1. The van der Waals surface area contributed by atoms with Gasteiger partial charge in [-0.25, -0.2) is 0 Å². The molecule has 0 saturated heterocycles. The minimum Gasteiger partial charge on any atom is -0.461 e. The standard InChI is InChI=1S/C16H15NO3/c1-10-7-8-20-16(10)15(19)12-5-6-13-11(9-12)3-2-4-14(18)17-13/h5-9H,2-4H2,1H3,(H,17,18). The summed E-state index contributed by atoms with van der Waals surface area (Å²) in [7, 11) is 0. The van der Waals surface area contributed by atoms with Gasteiger partial charge in [0.2, 0.25) is 11.7 Å². The average molecular weight is 269 g/mol. The van der Waals surface area contributed by atoms with Crippen LogP contribution in [0.5, 0.6) is 0 Å². The summed E-state index contributed by atoms with van der Waals surface area (Å²) in [6.45, 7) is 1.85. The molecule has 0 atom stereocenters. The Bertz CT molecular complexity index is 685. The molecule has 4 heteroatoms. The third-order valence-electron chi connectivity index (χ3n) is 3.56. The first-order valence-corrected chi connectivity index (χ1v) is 6.67. The van der Waals surface area contributed by atoms with E-state index < -0.39 is 0 Å². The molecule has 0 fully saturated rings. The van der Waals surface area contributed by atoms with Crippen LogP contribution in [0.4, 0.5) is 5.69 Å². The molecule has 2 aromatic rings. The lowest BCUT2D eigenvalue weighted by Gasteiger charge is -2.08. The Labute approximate surface area is 116 Å². The van der Waals surface area contributed by atoms with Crippen LogP contribution in [0, 0.1) is 6.92 Å². The monoisotopic (exact) mass is 269 g/mol. The van der Waals surface area contributed by atoms with Gasteiger partial charge in [-0.2, -0.15) is 0 Å². The SMILES string of the molecule is Cc1ccoc1C(=O)c1ccc2c(c1)CCCC(=O)N2. The van der Waals surface area contributed by atoms with Crippen LogP contribution in [0.25, 0.3) is 0 Å². The van der Waals surface area contributed by atoms with E-state index in [2.05, 4.69) is 5.32 Å². The second-order valence-electron chi connectivity index (χ2n) is 5.04. The van der Waals surface area contributed by atoms with Crippen molar-refractivity contribution in [1.29, 1.82) is 0 Å². The lowest BCUT2D eigenvalue weighted by Crippen LogP contribution is -2.09. The minimum absolute atomic E-state index is 0.0321. The maximum absolute atomic E-state index is 12.4. The first-order valence-electron chi connectivity index (χ1n) is 6.67. The molecule has 1 aromatic carbocycles. The maximum atomic E-state index is 12.4. The largest absolute Gasteiger partial charge is 0.461 e. The second-order valence-corrected chi connectivity index (χ2v) is 5.04. The van der Waals surface area contributed by atoms with Crippen molar-refractivity contribution in [3.8, 4) is 0 Å². The van der Waals surface area contributed by atoms with E-state index in [9.17, 15) is 9.59 Å². The Hall–Kier alpha value is -2.36. The van der Waals surface area contributed by atoms with Crippen LogP contribution in [0.15, 0.2) is 34.9 Å². The number of amides is 1. The molecule has 4 nitrogen and oxygen atoms in total. The summed E-state index contributed by atoms with van der Waals surface area (Å²) in [5.41, 5.74) is 3.24. The highest BCUT2D eigenvalue weighted by Crippen LogP contribution is 2.25. The summed E-state index contributed by atoms with van der Waals surface area (Å²) in [5, 5.41) is 2.86. The van der Waals surface area contributed by atoms with Crippen molar-refractivity contribution >= 4 is 17.4 Å². The lowest BCUT2D eigenvalue weighted by atomic mass is 10.0. The number of carbonyl (C=O) groups excluding carboxylic acids is 2. The molecule has 0 bridgehead atoms. The molecule has 1 aromatic heterocycles. The molecular formula is C16H15NO3. The quantitative estimate of drug-likeness (QED) is 0.852. The fraction of sp³-hybridized carbons (Fsp3) is 0.250. The van der Waals surface area contributed by atoms with E-state index in [1.54, 1.807) is 18.2 Å². The van der Waals surface area contributed by atoms with Crippen molar-refractivity contribution in [2.24, 2.45) is 0 Å². The lowest BCUT2D eigenvalue weighted by molar-refractivity contribution is -0.116. The summed E-state index contributed by atoms with van der Waals surface area (Å²) >= 11 is 0. The molecule has 1 N–H and O–H groups in total. The highest BCUT2D eigenvalue weighted by atomic mass is 16.3. The topological polar surface area (TPSA) is 59.3 Å². The molecular weight excluding hydrogens is 254 g/mol. The third-order valence-corrected chi connectivity index (χ3v) is 3.56. The van der Waals surface area contributed by atoms with E-state index >= 15 is 0 Å². The van der Waals surface area contributed by atoms with E-state index in [4.69, 9.17) is 4.42 Å². The summed E-state index contributed by atoms with van der Waals surface area (Å²) < 4.78 is 5.25. The maximum Gasteiger partial charge on any atom is 0.228 e. The summed E-state index contributed by atoms with van der Waals surface area (Å²) in [6, 6.07) is 7.15. The number of ketones is 1. The molecule has 20 heavy (non-hydrogen) atoms. The number of furan rings is 1. The summed E-state index contributed by atoms with van der Waals surface area (Å²) in [5.74, 6) is 0.290. The Morgan fingerprint density at radius 1 is 1.25 bits per heavy atom. The molecule has 1 aliphatic rings. The van der Waals surface area contributed by atoms with Gasteiger partial charge < -0.3 is 9.73 Å². The number of nitrogens with one attached hydrogen (secondary N) is 1.